The molecule has 1 N–H and O–H groups in total. The Labute approximate surface area is 76.1 Å². The number of nitrogens with zero attached hydrogens (tertiary/aromatic N) is 1. The second kappa shape index (κ2) is 3.80. The summed E-state index contributed by atoms with van der Waals surface area (Å²) >= 11 is 0. The first-order chi connectivity index (χ1) is 6.09. The van der Waals surface area contributed by atoms with Gasteiger partial charge >= 0.3 is 5.97 Å². The Balaban J connectivity index is 2.75. The normalized spacial score (nSPS) is 10.6. The second-order valence-corrected chi connectivity index (χ2v) is 2.74. The summed E-state index contributed by atoms with van der Waals surface area (Å²) in [5.41, 5.74) is 0. The maximum absolute atomic E-state index is 10.2. The van der Waals surface area contributed by atoms with E-state index in [1.54, 1.807) is 17.0 Å². The Bertz CT molecular complexity index is 325. The van der Waals surface area contributed by atoms with Gasteiger partial charge in [-0.25, -0.2) is 4.79 Å². The van der Waals surface area contributed by atoms with E-state index in [2.05, 4.69) is 0 Å². The number of anilines is 1. The van der Waals surface area contributed by atoms with Crippen molar-refractivity contribution in [3.63, 3.8) is 0 Å². The fraction of sp³-hybridized carbons (Fsp3) is 0.222. The zero-order valence-electron chi connectivity index (χ0n) is 7.52. The molecule has 70 valence electrons. The van der Waals surface area contributed by atoms with E-state index in [9.17, 15) is 4.79 Å². The number of hydrogen-bond donors (Lipinski definition) is 1. The molecule has 1 heterocycles. The average molecular weight is 181 g/mol. The minimum atomic E-state index is -0.984. The smallest absolute Gasteiger partial charge is 0.328 e. The lowest BCUT2D eigenvalue weighted by atomic mass is 10.4. The van der Waals surface area contributed by atoms with Gasteiger partial charge in [-0.05, 0) is 12.1 Å². The van der Waals surface area contributed by atoms with Crippen LogP contribution in [-0.2, 0) is 4.79 Å². The summed E-state index contributed by atoms with van der Waals surface area (Å²) in [6.45, 7) is 0. The van der Waals surface area contributed by atoms with Gasteiger partial charge in [-0.3, -0.25) is 0 Å². The Morgan fingerprint density at radius 2 is 2.23 bits per heavy atom. The molecule has 4 nitrogen and oxygen atoms in total. The molecule has 0 aliphatic carbocycles. The number of carboxylic acids is 1. The predicted octanol–water partition coefficient (Wildman–Crippen LogP) is 1.44. The maximum atomic E-state index is 10.2. The summed E-state index contributed by atoms with van der Waals surface area (Å²) in [5.74, 6) is 0.249. The molecule has 0 atom stereocenters. The SMILES string of the molecule is CN(C)c1ccc(/C=C/C(=O)O)o1. The summed E-state index contributed by atoms with van der Waals surface area (Å²) in [6, 6.07) is 3.50. The number of aliphatic carboxylic acids is 1. The largest absolute Gasteiger partial charge is 0.478 e. The maximum Gasteiger partial charge on any atom is 0.328 e. The summed E-state index contributed by atoms with van der Waals surface area (Å²) in [7, 11) is 3.70. The van der Waals surface area contributed by atoms with Crippen LogP contribution in [0.1, 0.15) is 5.76 Å². The van der Waals surface area contributed by atoms with Crippen molar-refractivity contribution in [3.05, 3.63) is 24.0 Å². The van der Waals surface area contributed by atoms with Crippen LogP contribution in [0.25, 0.3) is 6.08 Å². The van der Waals surface area contributed by atoms with Crippen molar-refractivity contribution in [1.29, 1.82) is 0 Å². The number of rotatable bonds is 3. The number of carbonyl (C=O) groups is 1. The molecule has 0 aliphatic rings. The first-order valence-electron chi connectivity index (χ1n) is 3.78. The van der Waals surface area contributed by atoms with Crippen molar-refractivity contribution in [2.24, 2.45) is 0 Å². The van der Waals surface area contributed by atoms with E-state index < -0.39 is 5.97 Å². The van der Waals surface area contributed by atoms with Crippen LogP contribution in [0.15, 0.2) is 22.6 Å². The molecule has 1 aromatic heterocycles. The minimum absolute atomic E-state index is 0.533. The average Bonchev–Trinajstić information content (AvgIpc) is 2.48. The number of furan rings is 1. The van der Waals surface area contributed by atoms with Crippen LogP contribution in [0, 0.1) is 0 Å². The third-order valence-electron chi connectivity index (χ3n) is 1.44. The third kappa shape index (κ3) is 2.66. The molecule has 0 aliphatic heterocycles. The van der Waals surface area contributed by atoms with E-state index >= 15 is 0 Å². The van der Waals surface area contributed by atoms with Gasteiger partial charge in [0.15, 0.2) is 5.88 Å². The summed E-state index contributed by atoms with van der Waals surface area (Å²) < 4.78 is 5.27. The van der Waals surface area contributed by atoms with Crippen molar-refractivity contribution >= 4 is 17.9 Å². The minimum Gasteiger partial charge on any atom is -0.478 e. The molecule has 0 amide bonds. The highest BCUT2D eigenvalue weighted by molar-refractivity contribution is 5.84. The second-order valence-electron chi connectivity index (χ2n) is 2.74. The zero-order chi connectivity index (χ0) is 9.84. The standard InChI is InChI=1S/C9H11NO3/c1-10(2)8-5-3-7(13-8)4-6-9(11)12/h3-6H,1-2H3,(H,11,12)/b6-4+. The van der Waals surface area contributed by atoms with Crippen molar-refractivity contribution in [2.75, 3.05) is 19.0 Å². The molecule has 13 heavy (non-hydrogen) atoms. The lowest BCUT2D eigenvalue weighted by Gasteiger charge is -2.05. The first kappa shape index (κ1) is 9.38. The highest BCUT2D eigenvalue weighted by Gasteiger charge is 2.00. The van der Waals surface area contributed by atoms with Gasteiger partial charge in [0.25, 0.3) is 0 Å². The molecule has 0 fully saturated rings. The van der Waals surface area contributed by atoms with E-state index in [4.69, 9.17) is 9.52 Å². The molecule has 0 unspecified atom stereocenters. The zero-order valence-corrected chi connectivity index (χ0v) is 7.52. The van der Waals surface area contributed by atoms with E-state index in [1.165, 1.54) is 6.08 Å². The molecule has 0 saturated heterocycles. The monoisotopic (exact) mass is 181 g/mol. The van der Waals surface area contributed by atoms with Gasteiger partial charge in [-0.2, -0.15) is 0 Å². The van der Waals surface area contributed by atoms with Crippen molar-refractivity contribution < 1.29 is 14.3 Å². The quantitative estimate of drug-likeness (QED) is 0.717. The van der Waals surface area contributed by atoms with E-state index in [1.807, 2.05) is 14.1 Å². The van der Waals surface area contributed by atoms with Crippen LogP contribution in [0.4, 0.5) is 5.88 Å². The fourth-order valence-electron chi connectivity index (χ4n) is 0.826. The summed E-state index contributed by atoms with van der Waals surface area (Å²) in [5, 5.41) is 8.35. The van der Waals surface area contributed by atoms with E-state index in [-0.39, 0.29) is 0 Å². The van der Waals surface area contributed by atoms with Crippen LogP contribution in [0.3, 0.4) is 0 Å². The molecule has 0 aromatic carbocycles. The molecule has 1 rings (SSSR count). The Morgan fingerprint density at radius 1 is 1.54 bits per heavy atom. The molecule has 0 spiro atoms. The molecular formula is C9H11NO3. The lowest BCUT2D eigenvalue weighted by molar-refractivity contribution is -0.131. The molecule has 0 radical (unpaired) electrons. The van der Waals surface area contributed by atoms with Gasteiger partial charge in [0, 0.05) is 26.2 Å². The summed E-state index contributed by atoms with van der Waals surface area (Å²) in [6.07, 6.45) is 2.45. The van der Waals surface area contributed by atoms with Crippen molar-refractivity contribution in [2.45, 2.75) is 0 Å². The Morgan fingerprint density at radius 3 is 2.69 bits per heavy atom. The van der Waals surface area contributed by atoms with Gasteiger partial charge in [-0.1, -0.05) is 0 Å². The first-order valence-corrected chi connectivity index (χ1v) is 3.78. The van der Waals surface area contributed by atoms with Crippen LogP contribution in [0.5, 0.6) is 0 Å². The van der Waals surface area contributed by atoms with Gasteiger partial charge in [0.05, 0.1) is 0 Å². The highest BCUT2D eigenvalue weighted by Crippen LogP contribution is 2.16. The van der Waals surface area contributed by atoms with E-state index in [0.717, 1.165) is 6.08 Å². The molecule has 1 aromatic rings. The molecular weight excluding hydrogens is 170 g/mol. The molecule has 4 heteroatoms. The fourth-order valence-corrected chi connectivity index (χ4v) is 0.826. The number of hydrogen-bond acceptors (Lipinski definition) is 3. The predicted molar refractivity (Wildman–Crippen MR) is 49.7 cm³/mol. The third-order valence-corrected chi connectivity index (χ3v) is 1.44. The van der Waals surface area contributed by atoms with Crippen LogP contribution < -0.4 is 4.90 Å². The Kier molecular flexibility index (Phi) is 2.74. The van der Waals surface area contributed by atoms with Gasteiger partial charge < -0.3 is 14.4 Å². The van der Waals surface area contributed by atoms with Crippen molar-refractivity contribution in [3.8, 4) is 0 Å². The topological polar surface area (TPSA) is 53.7 Å². The van der Waals surface area contributed by atoms with Crippen LogP contribution in [0.2, 0.25) is 0 Å². The van der Waals surface area contributed by atoms with Gasteiger partial charge in [0.1, 0.15) is 5.76 Å². The van der Waals surface area contributed by atoms with Gasteiger partial charge in [0.2, 0.25) is 0 Å². The molecule has 0 bridgehead atoms. The van der Waals surface area contributed by atoms with Crippen molar-refractivity contribution in [1.82, 2.24) is 0 Å². The van der Waals surface area contributed by atoms with Gasteiger partial charge in [-0.15, -0.1) is 0 Å². The van der Waals surface area contributed by atoms with E-state index in [0.29, 0.717) is 11.6 Å². The van der Waals surface area contributed by atoms with Crippen LogP contribution in [-0.4, -0.2) is 25.2 Å². The number of carboxylic acid groups (broad SMARTS) is 1. The Hall–Kier alpha value is -1.71. The summed E-state index contributed by atoms with van der Waals surface area (Å²) in [4.78, 5) is 12.0. The highest BCUT2D eigenvalue weighted by atomic mass is 16.4. The lowest BCUT2D eigenvalue weighted by Crippen LogP contribution is -2.06. The van der Waals surface area contributed by atoms with Crippen LogP contribution >= 0.6 is 0 Å². The molecule has 0 saturated carbocycles.